The zero-order chi connectivity index (χ0) is 14.8. The highest BCUT2D eigenvalue weighted by Crippen LogP contribution is 2.34. The van der Waals surface area contributed by atoms with Gasteiger partial charge in [0.25, 0.3) is 0 Å². The van der Waals surface area contributed by atoms with Crippen LogP contribution in [0.1, 0.15) is 24.8 Å². The number of nitrogens with two attached hydrogens (primary N) is 1. The van der Waals surface area contributed by atoms with Crippen molar-refractivity contribution in [3.8, 4) is 0 Å². The topological polar surface area (TPSA) is 50.9 Å². The van der Waals surface area contributed by atoms with Gasteiger partial charge in [-0.2, -0.15) is 0 Å². The number of thiophene rings is 1. The molecule has 3 nitrogen and oxygen atoms in total. The average molecular weight is 297 g/mol. The first-order chi connectivity index (χ1) is 10.2. The molecular formula is C17H19N3S. The van der Waals surface area contributed by atoms with Crippen molar-refractivity contribution in [1.82, 2.24) is 4.98 Å². The van der Waals surface area contributed by atoms with E-state index in [2.05, 4.69) is 47.7 Å². The number of anilines is 2. The molecule has 108 valence electrons. The summed E-state index contributed by atoms with van der Waals surface area (Å²) < 4.78 is 0. The van der Waals surface area contributed by atoms with Gasteiger partial charge in [-0.1, -0.05) is 26.0 Å². The fourth-order valence-corrected chi connectivity index (χ4v) is 3.47. The maximum absolute atomic E-state index is 6.33. The first-order valence-electron chi connectivity index (χ1n) is 7.09. The van der Waals surface area contributed by atoms with E-state index in [1.807, 2.05) is 18.3 Å². The highest BCUT2D eigenvalue weighted by Gasteiger charge is 2.18. The normalized spacial score (nSPS) is 12.7. The number of rotatable bonds is 4. The zero-order valence-corrected chi connectivity index (χ0v) is 13.0. The summed E-state index contributed by atoms with van der Waals surface area (Å²) in [5.41, 5.74) is 8.11. The summed E-state index contributed by atoms with van der Waals surface area (Å²) in [7, 11) is 0. The van der Waals surface area contributed by atoms with E-state index in [9.17, 15) is 0 Å². The van der Waals surface area contributed by atoms with E-state index < -0.39 is 0 Å². The molecule has 0 radical (unpaired) electrons. The number of fused-ring (bicyclic) bond motifs is 1. The number of nitrogens with one attached hydrogen (secondary N) is 1. The molecule has 0 aliphatic heterocycles. The number of hydrogen-bond acceptors (Lipinski definition) is 4. The number of benzene rings is 1. The summed E-state index contributed by atoms with van der Waals surface area (Å²) in [4.78, 5) is 5.47. The predicted octanol–water partition coefficient (Wildman–Crippen LogP) is 4.69. The van der Waals surface area contributed by atoms with Crippen LogP contribution in [-0.4, -0.2) is 4.98 Å². The molecule has 2 aromatic heterocycles. The van der Waals surface area contributed by atoms with Crippen molar-refractivity contribution in [3.63, 3.8) is 0 Å². The van der Waals surface area contributed by atoms with Crippen LogP contribution in [0.5, 0.6) is 0 Å². The van der Waals surface area contributed by atoms with E-state index in [1.165, 1.54) is 4.88 Å². The quantitative estimate of drug-likeness (QED) is 0.687. The van der Waals surface area contributed by atoms with Crippen molar-refractivity contribution in [3.05, 3.63) is 53.0 Å². The maximum atomic E-state index is 6.33. The van der Waals surface area contributed by atoms with Crippen LogP contribution >= 0.6 is 11.3 Å². The predicted molar refractivity (Wildman–Crippen MR) is 91.7 cm³/mol. The second-order valence-corrected chi connectivity index (χ2v) is 6.48. The molecule has 0 saturated heterocycles. The first-order valence-corrected chi connectivity index (χ1v) is 7.97. The fraction of sp³-hybridized carbons (Fsp3) is 0.235. The van der Waals surface area contributed by atoms with E-state index in [0.717, 1.165) is 22.1 Å². The minimum Gasteiger partial charge on any atom is -0.397 e. The molecule has 1 unspecified atom stereocenters. The van der Waals surface area contributed by atoms with Crippen LogP contribution < -0.4 is 11.1 Å². The second kappa shape index (κ2) is 5.74. The van der Waals surface area contributed by atoms with Crippen LogP contribution in [0, 0.1) is 5.92 Å². The Morgan fingerprint density at radius 2 is 2.05 bits per heavy atom. The van der Waals surface area contributed by atoms with Gasteiger partial charge in [-0.3, -0.25) is 4.98 Å². The Morgan fingerprint density at radius 3 is 2.76 bits per heavy atom. The van der Waals surface area contributed by atoms with Gasteiger partial charge in [0.15, 0.2) is 0 Å². The number of nitrogens with zero attached hydrogens (tertiary/aromatic N) is 1. The molecule has 0 bridgehead atoms. The average Bonchev–Trinajstić information content (AvgIpc) is 3.00. The summed E-state index contributed by atoms with van der Waals surface area (Å²) >= 11 is 1.77. The second-order valence-electron chi connectivity index (χ2n) is 5.51. The maximum Gasteiger partial charge on any atom is 0.0630 e. The van der Waals surface area contributed by atoms with Crippen LogP contribution in [0.4, 0.5) is 11.4 Å². The first kappa shape index (κ1) is 13.9. The largest absolute Gasteiger partial charge is 0.397 e. The van der Waals surface area contributed by atoms with E-state index >= 15 is 0 Å². The van der Waals surface area contributed by atoms with E-state index in [-0.39, 0.29) is 6.04 Å². The standard InChI is InChI=1S/C17H19N3S/c1-11(2)17(15-4-3-9-21-15)20-14-6-5-12-10-19-8-7-13(12)16(14)18/h3-11,17,20H,18H2,1-2H3. The third-order valence-corrected chi connectivity index (χ3v) is 4.64. The molecule has 1 aromatic carbocycles. The van der Waals surface area contributed by atoms with Crippen LogP contribution in [0.15, 0.2) is 48.1 Å². The van der Waals surface area contributed by atoms with Crippen molar-refractivity contribution in [2.75, 3.05) is 11.1 Å². The number of hydrogen-bond donors (Lipinski definition) is 2. The minimum absolute atomic E-state index is 0.270. The van der Waals surface area contributed by atoms with Gasteiger partial charge >= 0.3 is 0 Å². The Labute approximate surface area is 128 Å². The van der Waals surface area contributed by atoms with Gasteiger partial charge in [0, 0.05) is 28.0 Å². The Hall–Kier alpha value is -2.07. The number of nitrogen functional groups attached to an aromatic ring is 1. The molecular weight excluding hydrogens is 278 g/mol. The lowest BCUT2D eigenvalue weighted by molar-refractivity contribution is 0.554. The Kier molecular flexibility index (Phi) is 3.80. The van der Waals surface area contributed by atoms with Crippen molar-refractivity contribution in [2.24, 2.45) is 5.92 Å². The van der Waals surface area contributed by atoms with Gasteiger partial charge in [-0.15, -0.1) is 11.3 Å². The molecule has 0 saturated carbocycles. The summed E-state index contributed by atoms with van der Waals surface area (Å²) in [5.74, 6) is 0.483. The molecule has 0 amide bonds. The molecule has 3 rings (SSSR count). The molecule has 0 aliphatic rings. The van der Waals surface area contributed by atoms with Crippen molar-refractivity contribution in [1.29, 1.82) is 0 Å². The number of aromatic nitrogens is 1. The molecule has 21 heavy (non-hydrogen) atoms. The lowest BCUT2D eigenvalue weighted by Gasteiger charge is -2.24. The van der Waals surface area contributed by atoms with Gasteiger partial charge in [-0.25, -0.2) is 0 Å². The Morgan fingerprint density at radius 1 is 1.19 bits per heavy atom. The van der Waals surface area contributed by atoms with Gasteiger partial charge in [0.2, 0.25) is 0 Å². The van der Waals surface area contributed by atoms with Crippen LogP contribution in [0.2, 0.25) is 0 Å². The van der Waals surface area contributed by atoms with Crippen molar-refractivity contribution < 1.29 is 0 Å². The molecule has 0 spiro atoms. The van der Waals surface area contributed by atoms with E-state index in [1.54, 1.807) is 17.5 Å². The summed E-state index contributed by atoms with van der Waals surface area (Å²) in [6, 6.07) is 10.6. The summed E-state index contributed by atoms with van der Waals surface area (Å²) in [5, 5.41) is 7.83. The SMILES string of the molecule is CC(C)C(Nc1ccc2cnccc2c1N)c1cccs1. The van der Waals surface area contributed by atoms with Crippen LogP contribution in [0.25, 0.3) is 10.8 Å². The molecule has 1 atom stereocenters. The van der Waals surface area contributed by atoms with Gasteiger partial charge in [0.1, 0.15) is 0 Å². The summed E-state index contributed by atoms with van der Waals surface area (Å²) in [6.07, 6.45) is 3.62. The Bertz CT molecular complexity index is 735. The third-order valence-electron chi connectivity index (χ3n) is 3.69. The van der Waals surface area contributed by atoms with Crippen LogP contribution in [-0.2, 0) is 0 Å². The molecule has 0 aliphatic carbocycles. The van der Waals surface area contributed by atoms with E-state index in [0.29, 0.717) is 5.92 Å². The van der Waals surface area contributed by atoms with Crippen LogP contribution in [0.3, 0.4) is 0 Å². The molecule has 0 fully saturated rings. The van der Waals surface area contributed by atoms with Gasteiger partial charge < -0.3 is 11.1 Å². The van der Waals surface area contributed by atoms with Gasteiger partial charge in [-0.05, 0) is 29.5 Å². The van der Waals surface area contributed by atoms with Crippen molar-refractivity contribution >= 4 is 33.5 Å². The molecule has 2 heterocycles. The highest BCUT2D eigenvalue weighted by atomic mass is 32.1. The Balaban J connectivity index is 1.98. The fourth-order valence-electron chi connectivity index (χ4n) is 2.52. The molecule has 3 aromatic rings. The smallest absolute Gasteiger partial charge is 0.0630 e. The zero-order valence-electron chi connectivity index (χ0n) is 12.2. The monoisotopic (exact) mass is 297 g/mol. The van der Waals surface area contributed by atoms with Crippen molar-refractivity contribution in [2.45, 2.75) is 19.9 Å². The van der Waals surface area contributed by atoms with E-state index in [4.69, 9.17) is 5.73 Å². The number of pyridine rings is 1. The lowest BCUT2D eigenvalue weighted by Crippen LogP contribution is -2.16. The minimum atomic E-state index is 0.270. The highest BCUT2D eigenvalue weighted by molar-refractivity contribution is 7.10. The molecule has 4 heteroatoms. The third kappa shape index (κ3) is 2.72. The van der Waals surface area contributed by atoms with Gasteiger partial charge in [0.05, 0.1) is 17.4 Å². The lowest BCUT2D eigenvalue weighted by atomic mass is 10.0. The molecule has 3 N–H and O–H groups in total. The summed E-state index contributed by atoms with van der Waals surface area (Å²) in [6.45, 7) is 4.44.